The second-order valence-corrected chi connectivity index (χ2v) is 7.05. The van der Waals surface area contributed by atoms with E-state index in [4.69, 9.17) is 4.74 Å². The first-order valence-electron chi connectivity index (χ1n) is 8.16. The molecule has 3 nitrogen and oxygen atoms in total. The quantitative estimate of drug-likeness (QED) is 0.901. The summed E-state index contributed by atoms with van der Waals surface area (Å²) in [4.78, 5) is 2.59. The molecule has 0 spiro atoms. The lowest BCUT2D eigenvalue weighted by Gasteiger charge is -2.44. The van der Waals surface area contributed by atoms with Gasteiger partial charge in [-0.2, -0.15) is 0 Å². The summed E-state index contributed by atoms with van der Waals surface area (Å²) in [6.45, 7) is 13.2. The smallest absolute Gasteiger partial charge is 0.119 e. The van der Waals surface area contributed by atoms with Crippen LogP contribution in [0, 0.1) is 5.41 Å². The first-order valence-corrected chi connectivity index (χ1v) is 8.16. The summed E-state index contributed by atoms with van der Waals surface area (Å²) in [5, 5.41) is 3.72. The molecule has 2 unspecified atom stereocenters. The topological polar surface area (TPSA) is 24.5 Å². The zero-order chi connectivity index (χ0) is 15.3. The van der Waals surface area contributed by atoms with Crippen LogP contribution in [0.1, 0.15) is 34.1 Å². The molecule has 2 atom stereocenters. The molecule has 1 fully saturated rings. The van der Waals surface area contributed by atoms with Crippen LogP contribution in [-0.4, -0.2) is 43.2 Å². The van der Waals surface area contributed by atoms with Gasteiger partial charge in [0.1, 0.15) is 12.4 Å². The SMILES string of the molecule is CCC1CNC(C(C)(C)C)CN1CCOc1ccccc1. The van der Waals surface area contributed by atoms with Gasteiger partial charge in [0.15, 0.2) is 0 Å². The summed E-state index contributed by atoms with van der Waals surface area (Å²) in [7, 11) is 0. The first kappa shape index (κ1) is 16.3. The molecule has 3 heteroatoms. The normalized spacial score (nSPS) is 24.0. The second kappa shape index (κ2) is 7.28. The Hall–Kier alpha value is -1.06. The predicted octanol–water partition coefficient (Wildman–Crippen LogP) is 3.16. The number of nitrogens with one attached hydrogen (secondary N) is 1. The van der Waals surface area contributed by atoms with Gasteiger partial charge in [0, 0.05) is 31.7 Å². The lowest BCUT2D eigenvalue weighted by molar-refractivity contribution is 0.0713. The molecule has 0 saturated carbocycles. The van der Waals surface area contributed by atoms with Crippen molar-refractivity contribution in [2.75, 3.05) is 26.2 Å². The van der Waals surface area contributed by atoms with Gasteiger partial charge >= 0.3 is 0 Å². The van der Waals surface area contributed by atoms with Crippen LogP contribution in [0.3, 0.4) is 0 Å². The predicted molar refractivity (Wildman–Crippen MR) is 88.8 cm³/mol. The van der Waals surface area contributed by atoms with Gasteiger partial charge in [0.25, 0.3) is 0 Å². The van der Waals surface area contributed by atoms with Crippen LogP contribution in [0.4, 0.5) is 0 Å². The Bertz CT molecular complexity index is 413. The molecule has 1 aliphatic heterocycles. The standard InChI is InChI=1S/C18H30N2O/c1-5-15-13-19-17(18(2,3)4)14-20(15)11-12-21-16-9-7-6-8-10-16/h6-10,15,17,19H,5,11-14H2,1-4H3. The van der Waals surface area contributed by atoms with Crippen molar-refractivity contribution < 1.29 is 4.74 Å². The lowest BCUT2D eigenvalue weighted by Crippen LogP contribution is -2.60. The van der Waals surface area contributed by atoms with E-state index in [0.29, 0.717) is 17.5 Å². The number of nitrogens with zero attached hydrogens (tertiary/aromatic N) is 1. The van der Waals surface area contributed by atoms with E-state index >= 15 is 0 Å². The monoisotopic (exact) mass is 290 g/mol. The molecule has 1 aromatic rings. The van der Waals surface area contributed by atoms with Crippen molar-refractivity contribution >= 4 is 0 Å². The highest BCUT2D eigenvalue weighted by Gasteiger charge is 2.33. The largest absolute Gasteiger partial charge is 0.492 e. The van der Waals surface area contributed by atoms with Crippen LogP contribution < -0.4 is 10.1 Å². The van der Waals surface area contributed by atoms with E-state index in [1.807, 2.05) is 30.3 Å². The van der Waals surface area contributed by atoms with Crippen LogP contribution in [0.15, 0.2) is 30.3 Å². The maximum atomic E-state index is 5.86. The van der Waals surface area contributed by atoms with E-state index in [1.165, 1.54) is 6.42 Å². The number of hydrogen-bond donors (Lipinski definition) is 1. The molecule has 1 aromatic carbocycles. The van der Waals surface area contributed by atoms with Crippen LogP contribution >= 0.6 is 0 Å². The molecular formula is C18H30N2O. The van der Waals surface area contributed by atoms with Gasteiger partial charge in [-0.3, -0.25) is 4.90 Å². The number of rotatable bonds is 5. The highest BCUT2D eigenvalue weighted by molar-refractivity contribution is 5.20. The summed E-state index contributed by atoms with van der Waals surface area (Å²) < 4.78 is 5.86. The van der Waals surface area contributed by atoms with Gasteiger partial charge in [0.2, 0.25) is 0 Å². The fraction of sp³-hybridized carbons (Fsp3) is 0.667. The summed E-state index contributed by atoms with van der Waals surface area (Å²) in [5.41, 5.74) is 0.303. The zero-order valence-electron chi connectivity index (χ0n) is 13.9. The molecule has 1 N–H and O–H groups in total. The molecule has 1 saturated heterocycles. The van der Waals surface area contributed by atoms with E-state index in [1.54, 1.807) is 0 Å². The molecule has 1 aliphatic rings. The van der Waals surface area contributed by atoms with E-state index in [-0.39, 0.29) is 0 Å². The molecule has 2 rings (SSSR count). The minimum atomic E-state index is 0.303. The molecule has 0 aliphatic carbocycles. The Kier molecular flexibility index (Phi) is 5.65. The van der Waals surface area contributed by atoms with Crippen molar-refractivity contribution in [2.45, 2.75) is 46.2 Å². The number of piperazine rings is 1. The van der Waals surface area contributed by atoms with Gasteiger partial charge in [-0.05, 0) is 24.0 Å². The third kappa shape index (κ3) is 4.72. The Balaban J connectivity index is 1.86. The number of hydrogen-bond acceptors (Lipinski definition) is 3. The van der Waals surface area contributed by atoms with Crippen molar-refractivity contribution in [3.05, 3.63) is 30.3 Å². The second-order valence-electron chi connectivity index (χ2n) is 7.05. The van der Waals surface area contributed by atoms with Crippen molar-refractivity contribution in [3.63, 3.8) is 0 Å². The van der Waals surface area contributed by atoms with Gasteiger partial charge in [-0.15, -0.1) is 0 Å². The van der Waals surface area contributed by atoms with Crippen molar-refractivity contribution in [2.24, 2.45) is 5.41 Å². The highest BCUT2D eigenvalue weighted by atomic mass is 16.5. The summed E-state index contributed by atoms with van der Waals surface area (Å²) >= 11 is 0. The Morgan fingerprint density at radius 2 is 1.95 bits per heavy atom. The van der Waals surface area contributed by atoms with Crippen LogP contribution in [-0.2, 0) is 0 Å². The molecule has 0 radical (unpaired) electrons. The molecule has 0 amide bonds. The van der Waals surface area contributed by atoms with Crippen LogP contribution in [0.5, 0.6) is 5.75 Å². The first-order chi connectivity index (χ1) is 10.0. The number of benzene rings is 1. The molecule has 1 heterocycles. The minimum absolute atomic E-state index is 0.303. The highest BCUT2D eigenvalue weighted by Crippen LogP contribution is 2.24. The van der Waals surface area contributed by atoms with Crippen LogP contribution in [0.25, 0.3) is 0 Å². The van der Waals surface area contributed by atoms with E-state index in [2.05, 4.69) is 37.9 Å². The summed E-state index contributed by atoms with van der Waals surface area (Å²) in [6.07, 6.45) is 1.19. The Morgan fingerprint density at radius 3 is 2.57 bits per heavy atom. The van der Waals surface area contributed by atoms with Crippen molar-refractivity contribution in [3.8, 4) is 5.75 Å². The summed E-state index contributed by atoms with van der Waals surface area (Å²) in [6, 6.07) is 11.3. The maximum Gasteiger partial charge on any atom is 0.119 e. The third-order valence-corrected chi connectivity index (χ3v) is 4.44. The fourth-order valence-electron chi connectivity index (χ4n) is 2.91. The van der Waals surface area contributed by atoms with E-state index in [0.717, 1.165) is 32.0 Å². The zero-order valence-corrected chi connectivity index (χ0v) is 13.9. The third-order valence-electron chi connectivity index (χ3n) is 4.44. The van der Waals surface area contributed by atoms with Gasteiger partial charge in [0.05, 0.1) is 0 Å². The maximum absolute atomic E-state index is 5.86. The molecule has 0 aromatic heterocycles. The summed E-state index contributed by atoms with van der Waals surface area (Å²) in [5.74, 6) is 0.966. The fourth-order valence-corrected chi connectivity index (χ4v) is 2.91. The van der Waals surface area contributed by atoms with Gasteiger partial charge in [-0.1, -0.05) is 45.9 Å². The minimum Gasteiger partial charge on any atom is -0.492 e. The molecule has 0 bridgehead atoms. The van der Waals surface area contributed by atoms with Gasteiger partial charge < -0.3 is 10.1 Å². The average Bonchev–Trinajstić information content (AvgIpc) is 2.47. The molecule has 21 heavy (non-hydrogen) atoms. The van der Waals surface area contributed by atoms with Gasteiger partial charge in [-0.25, -0.2) is 0 Å². The average molecular weight is 290 g/mol. The number of ether oxygens (including phenoxy) is 1. The van der Waals surface area contributed by atoms with E-state index < -0.39 is 0 Å². The van der Waals surface area contributed by atoms with Crippen molar-refractivity contribution in [1.82, 2.24) is 10.2 Å². The van der Waals surface area contributed by atoms with Crippen LogP contribution in [0.2, 0.25) is 0 Å². The Labute approximate surface area is 129 Å². The van der Waals surface area contributed by atoms with Crippen molar-refractivity contribution in [1.29, 1.82) is 0 Å². The molecular weight excluding hydrogens is 260 g/mol. The van der Waals surface area contributed by atoms with E-state index in [9.17, 15) is 0 Å². The Morgan fingerprint density at radius 1 is 1.24 bits per heavy atom. The lowest BCUT2D eigenvalue weighted by atomic mass is 9.84. The molecule has 118 valence electrons. The number of para-hydroxylation sites is 1.